The lowest BCUT2D eigenvalue weighted by molar-refractivity contribution is -0.137. The van der Waals surface area contributed by atoms with Gasteiger partial charge in [0.15, 0.2) is 0 Å². The highest BCUT2D eigenvalue weighted by atomic mass is 35.5. The summed E-state index contributed by atoms with van der Waals surface area (Å²) in [6.07, 6.45) is -4.40. The second-order valence-electron chi connectivity index (χ2n) is 3.02. The molecule has 2 rings (SSSR count). The summed E-state index contributed by atoms with van der Waals surface area (Å²) in [5, 5.41) is 6.86. The van der Waals surface area contributed by atoms with Gasteiger partial charge in [-0.05, 0) is 18.2 Å². The summed E-state index contributed by atoms with van der Waals surface area (Å²) in [5.41, 5.74) is 4.58. The lowest BCUT2D eigenvalue weighted by Gasteiger charge is -2.06. The number of alkyl halides is 3. The molecule has 0 aliphatic rings. The summed E-state index contributed by atoms with van der Waals surface area (Å²) in [5.74, 6) is -0.0383. The molecule has 92 valence electrons. The molecular weight excluding hydrogens is 259 g/mol. The van der Waals surface area contributed by atoms with Crippen LogP contribution in [-0.4, -0.2) is 10.2 Å². The molecule has 0 fully saturated rings. The molecule has 0 radical (unpaired) electrons. The third-order valence-electron chi connectivity index (χ3n) is 1.88. The van der Waals surface area contributed by atoms with Gasteiger partial charge in [-0.2, -0.15) is 13.2 Å². The van der Waals surface area contributed by atoms with Crippen LogP contribution in [-0.2, 0) is 6.18 Å². The Balaban J connectivity index is 0.00000144. The summed E-state index contributed by atoms with van der Waals surface area (Å²) in [7, 11) is 0. The Hall–Kier alpha value is -1.76. The number of hydrogen-bond donors (Lipinski definition) is 1. The van der Waals surface area contributed by atoms with Crippen molar-refractivity contribution in [1.82, 2.24) is 10.2 Å². The highest BCUT2D eigenvalue weighted by Crippen LogP contribution is 2.31. The van der Waals surface area contributed by atoms with E-state index >= 15 is 0 Å². The second-order valence-corrected chi connectivity index (χ2v) is 3.02. The molecule has 0 spiro atoms. The van der Waals surface area contributed by atoms with Crippen LogP contribution in [0.4, 0.5) is 19.2 Å². The number of nitrogens with zero attached hydrogens (tertiary/aromatic N) is 2. The fraction of sp³-hybridized carbons (Fsp3) is 0.111. The normalized spacial score (nSPS) is 11.0. The number of rotatable bonds is 1. The van der Waals surface area contributed by atoms with E-state index in [2.05, 4.69) is 10.2 Å². The SMILES string of the molecule is Cl.Nc1nnc(-c2cccc(C(F)(F)F)c2)o1. The minimum Gasteiger partial charge on any atom is -0.404 e. The lowest BCUT2D eigenvalue weighted by Crippen LogP contribution is -2.04. The first-order valence-electron chi connectivity index (χ1n) is 4.23. The van der Waals surface area contributed by atoms with E-state index in [1.165, 1.54) is 12.1 Å². The summed E-state index contributed by atoms with van der Waals surface area (Å²) < 4.78 is 42.0. The maximum absolute atomic E-state index is 12.4. The quantitative estimate of drug-likeness (QED) is 0.861. The van der Waals surface area contributed by atoms with E-state index in [0.717, 1.165) is 12.1 Å². The van der Waals surface area contributed by atoms with E-state index in [9.17, 15) is 13.2 Å². The molecule has 2 aromatic rings. The van der Waals surface area contributed by atoms with Crippen molar-refractivity contribution in [3.05, 3.63) is 29.8 Å². The van der Waals surface area contributed by atoms with Crippen LogP contribution in [0.15, 0.2) is 28.7 Å². The van der Waals surface area contributed by atoms with E-state index in [1.54, 1.807) is 0 Å². The lowest BCUT2D eigenvalue weighted by atomic mass is 10.1. The molecule has 2 N–H and O–H groups in total. The minimum absolute atomic E-state index is 0. The zero-order chi connectivity index (χ0) is 11.8. The Kier molecular flexibility index (Phi) is 3.62. The fourth-order valence-electron chi connectivity index (χ4n) is 1.18. The fourth-order valence-corrected chi connectivity index (χ4v) is 1.18. The van der Waals surface area contributed by atoms with Crippen LogP contribution >= 0.6 is 12.4 Å². The molecule has 1 aromatic heterocycles. The van der Waals surface area contributed by atoms with Gasteiger partial charge in [-0.1, -0.05) is 11.2 Å². The van der Waals surface area contributed by atoms with Gasteiger partial charge in [-0.15, -0.1) is 17.5 Å². The number of anilines is 1. The molecule has 4 nitrogen and oxygen atoms in total. The number of nitrogens with two attached hydrogens (primary N) is 1. The molecule has 0 atom stereocenters. The third-order valence-corrected chi connectivity index (χ3v) is 1.88. The smallest absolute Gasteiger partial charge is 0.404 e. The van der Waals surface area contributed by atoms with Crippen molar-refractivity contribution in [1.29, 1.82) is 0 Å². The first kappa shape index (κ1) is 13.3. The van der Waals surface area contributed by atoms with E-state index < -0.39 is 11.7 Å². The number of benzene rings is 1. The molecule has 0 aliphatic heterocycles. The van der Waals surface area contributed by atoms with Crippen molar-refractivity contribution in [2.45, 2.75) is 6.18 Å². The summed E-state index contributed by atoms with van der Waals surface area (Å²) in [6.45, 7) is 0. The van der Waals surface area contributed by atoms with Crippen LogP contribution in [0, 0.1) is 0 Å². The van der Waals surface area contributed by atoms with Crippen LogP contribution in [0.2, 0.25) is 0 Å². The average molecular weight is 266 g/mol. The standard InChI is InChI=1S/C9H6F3N3O.ClH/c10-9(11,12)6-3-1-2-5(4-6)7-14-15-8(13)16-7;/h1-4H,(H2,13,15);1H. The number of hydrogen-bond acceptors (Lipinski definition) is 4. The van der Waals surface area contributed by atoms with Crippen LogP contribution in [0.3, 0.4) is 0 Å². The van der Waals surface area contributed by atoms with Gasteiger partial charge < -0.3 is 10.2 Å². The Labute approximate surface area is 100 Å². The summed E-state index contributed by atoms with van der Waals surface area (Å²) in [4.78, 5) is 0. The molecule has 0 aliphatic carbocycles. The minimum atomic E-state index is -4.40. The predicted octanol–water partition coefficient (Wildman–Crippen LogP) is 2.76. The van der Waals surface area contributed by atoms with Crippen molar-refractivity contribution in [3.63, 3.8) is 0 Å². The topological polar surface area (TPSA) is 64.9 Å². The summed E-state index contributed by atoms with van der Waals surface area (Å²) in [6, 6.07) is 4.39. The Morgan fingerprint density at radius 1 is 1.18 bits per heavy atom. The zero-order valence-electron chi connectivity index (χ0n) is 8.23. The molecule has 0 saturated heterocycles. The number of halogens is 4. The third kappa shape index (κ3) is 2.88. The molecule has 0 bridgehead atoms. The Bertz CT molecular complexity index is 512. The molecule has 0 amide bonds. The molecule has 8 heteroatoms. The molecular formula is C9H7ClF3N3O. The van der Waals surface area contributed by atoms with Crippen molar-refractivity contribution in [2.24, 2.45) is 0 Å². The van der Waals surface area contributed by atoms with Gasteiger partial charge in [-0.3, -0.25) is 0 Å². The van der Waals surface area contributed by atoms with Gasteiger partial charge in [0, 0.05) is 5.56 Å². The van der Waals surface area contributed by atoms with Crippen LogP contribution in [0.25, 0.3) is 11.5 Å². The number of nitrogen functional groups attached to an aromatic ring is 1. The Morgan fingerprint density at radius 2 is 1.88 bits per heavy atom. The van der Waals surface area contributed by atoms with Crippen molar-refractivity contribution < 1.29 is 17.6 Å². The highest BCUT2D eigenvalue weighted by Gasteiger charge is 2.30. The maximum Gasteiger partial charge on any atom is 0.416 e. The van der Waals surface area contributed by atoms with Crippen LogP contribution in [0.1, 0.15) is 5.56 Å². The molecule has 1 heterocycles. The predicted molar refractivity (Wildman–Crippen MR) is 56.4 cm³/mol. The zero-order valence-corrected chi connectivity index (χ0v) is 9.05. The second kappa shape index (κ2) is 4.62. The number of aromatic nitrogens is 2. The average Bonchev–Trinajstić information content (AvgIpc) is 2.64. The van der Waals surface area contributed by atoms with Gasteiger partial charge >= 0.3 is 12.2 Å². The molecule has 0 unspecified atom stereocenters. The Morgan fingerprint density at radius 3 is 2.41 bits per heavy atom. The monoisotopic (exact) mass is 265 g/mol. The molecule has 1 aromatic carbocycles. The van der Waals surface area contributed by atoms with Crippen LogP contribution in [0.5, 0.6) is 0 Å². The van der Waals surface area contributed by atoms with Crippen molar-refractivity contribution >= 4 is 18.4 Å². The largest absolute Gasteiger partial charge is 0.416 e. The van der Waals surface area contributed by atoms with E-state index in [-0.39, 0.29) is 29.9 Å². The van der Waals surface area contributed by atoms with Crippen LogP contribution < -0.4 is 5.73 Å². The van der Waals surface area contributed by atoms with E-state index in [4.69, 9.17) is 10.2 Å². The molecule has 17 heavy (non-hydrogen) atoms. The van der Waals surface area contributed by atoms with Gasteiger partial charge in [0.25, 0.3) is 0 Å². The van der Waals surface area contributed by atoms with E-state index in [0.29, 0.717) is 0 Å². The highest BCUT2D eigenvalue weighted by molar-refractivity contribution is 5.85. The van der Waals surface area contributed by atoms with E-state index in [1.807, 2.05) is 0 Å². The first-order chi connectivity index (χ1) is 7.47. The van der Waals surface area contributed by atoms with Gasteiger partial charge in [0.05, 0.1) is 5.56 Å². The van der Waals surface area contributed by atoms with Crippen molar-refractivity contribution in [3.8, 4) is 11.5 Å². The van der Waals surface area contributed by atoms with Gasteiger partial charge in [0.1, 0.15) is 0 Å². The maximum atomic E-state index is 12.4. The van der Waals surface area contributed by atoms with Gasteiger partial charge in [0.2, 0.25) is 5.89 Å². The van der Waals surface area contributed by atoms with Crippen molar-refractivity contribution in [2.75, 3.05) is 5.73 Å². The van der Waals surface area contributed by atoms with Gasteiger partial charge in [-0.25, -0.2) is 0 Å². The first-order valence-corrected chi connectivity index (χ1v) is 4.23. The summed E-state index contributed by atoms with van der Waals surface area (Å²) >= 11 is 0. The molecule has 0 saturated carbocycles.